The van der Waals surface area contributed by atoms with E-state index in [1.165, 1.54) is 31.2 Å². The summed E-state index contributed by atoms with van der Waals surface area (Å²) in [6, 6.07) is 6.25. The standard InChI is InChI=1S/C17H22N2O/c1-10-8-11-9-12(18)6-7-15(11)19(10)17(20)16-13-4-2-3-5-14(13)16/h6-7,9-10,13-14,16H,2-5,8,18H2,1H3. The molecule has 20 heavy (non-hydrogen) atoms. The Morgan fingerprint density at radius 1 is 1.25 bits per heavy atom. The number of hydrogen-bond donors (Lipinski definition) is 1. The van der Waals surface area contributed by atoms with Crippen LogP contribution in [-0.4, -0.2) is 11.9 Å². The largest absolute Gasteiger partial charge is 0.399 e. The Bertz CT molecular complexity index is 556. The summed E-state index contributed by atoms with van der Waals surface area (Å²) in [5.74, 6) is 2.05. The van der Waals surface area contributed by atoms with E-state index in [4.69, 9.17) is 5.73 Å². The van der Waals surface area contributed by atoms with Crippen molar-refractivity contribution < 1.29 is 4.79 Å². The van der Waals surface area contributed by atoms with E-state index in [2.05, 4.69) is 11.8 Å². The van der Waals surface area contributed by atoms with Gasteiger partial charge in [0.1, 0.15) is 0 Å². The average molecular weight is 270 g/mol. The summed E-state index contributed by atoms with van der Waals surface area (Å²) in [6.45, 7) is 2.15. The van der Waals surface area contributed by atoms with Gasteiger partial charge in [-0.25, -0.2) is 0 Å². The molecular formula is C17H22N2O. The second-order valence-corrected chi connectivity index (χ2v) is 6.79. The molecule has 2 fully saturated rings. The van der Waals surface area contributed by atoms with Crippen LogP contribution in [0, 0.1) is 17.8 Å². The number of fused-ring (bicyclic) bond motifs is 2. The highest BCUT2D eigenvalue weighted by Gasteiger charge is 2.56. The van der Waals surface area contributed by atoms with E-state index in [1.807, 2.05) is 18.2 Å². The monoisotopic (exact) mass is 270 g/mol. The van der Waals surface area contributed by atoms with Crippen LogP contribution < -0.4 is 10.6 Å². The highest BCUT2D eigenvalue weighted by molar-refractivity contribution is 5.99. The third kappa shape index (κ3) is 1.68. The van der Waals surface area contributed by atoms with Gasteiger partial charge in [-0.05, 0) is 61.8 Å². The van der Waals surface area contributed by atoms with Gasteiger partial charge in [0.2, 0.25) is 5.91 Å². The predicted octanol–water partition coefficient (Wildman–Crippen LogP) is 2.98. The quantitative estimate of drug-likeness (QED) is 0.797. The zero-order chi connectivity index (χ0) is 13.9. The molecule has 106 valence electrons. The first-order valence-electron chi connectivity index (χ1n) is 7.88. The summed E-state index contributed by atoms with van der Waals surface area (Å²) in [5.41, 5.74) is 8.99. The minimum absolute atomic E-state index is 0.280. The van der Waals surface area contributed by atoms with Gasteiger partial charge in [0, 0.05) is 23.3 Å². The number of carbonyl (C=O) groups is 1. The second-order valence-electron chi connectivity index (χ2n) is 6.79. The van der Waals surface area contributed by atoms with E-state index in [9.17, 15) is 4.79 Å². The number of carbonyl (C=O) groups excluding carboxylic acids is 1. The Balaban J connectivity index is 1.61. The molecule has 0 saturated heterocycles. The number of nitrogens with two attached hydrogens (primary N) is 1. The topological polar surface area (TPSA) is 46.3 Å². The zero-order valence-corrected chi connectivity index (χ0v) is 12.0. The number of anilines is 2. The third-order valence-electron chi connectivity index (χ3n) is 5.50. The number of hydrogen-bond acceptors (Lipinski definition) is 2. The minimum atomic E-state index is 0.280. The van der Waals surface area contributed by atoms with Crippen LogP contribution in [0.1, 0.15) is 38.2 Å². The van der Waals surface area contributed by atoms with E-state index in [-0.39, 0.29) is 6.04 Å². The number of nitrogens with zero attached hydrogens (tertiary/aromatic N) is 1. The fraction of sp³-hybridized carbons (Fsp3) is 0.588. The Kier molecular flexibility index (Phi) is 2.60. The smallest absolute Gasteiger partial charge is 0.230 e. The first-order valence-corrected chi connectivity index (χ1v) is 7.88. The summed E-state index contributed by atoms with van der Waals surface area (Å²) in [4.78, 5) is 15.0. The van der Waals surface area contributed by atoms with Crippen molar-refractivity contribution in [2.24, 2.45) is 17.8 Å². The van der Waals surface area contributed by atoms with Crippen molar-refractivity contribution in [1.82, 2.24) is 0 Å². The van der Waals surface area contributed by atoms with Crippen LogP contribution in [0.3, 0.4) is 0 Å². The molecule has 1 aliphatic heterocycles. The first-order chi connectivity index (χ1) is 9.66. The number of benzene rings is 1. The van der Waals surface area contributed by atoms with Crippen molar-refractivity contribution >= 4 is 17.3 Å². The van der Waals surface area contributed by atoms with E-state index < -0.39 is 0 Å². The molecule has 3 heteroatoms. The molecule has 1 heterocycles. The second kappa shape index (κ2) is 4.24. The molecule has 0 bridgehead atoms. The predicted molar refractivity (Wildman–Crippen MR) is 80.4 cm³/mol. The molecule has 0 aromatic heterocycles. The molecule has 3 nitrogen and oxygen atoms in total. The van der Waals surface area contributed by atoms with Gasteiger partial charge >= 0.3 is 0 Å². The van der Waals surface area contributed by atoms with Crippen LogP contribution in [0.2, 0.25) is 0 Å². The average Bonchev–Trinajstić information content (AvgIpc) is 3.06. The van der Waals surface area contributed by atoms with E-state index in [0.29, 0.717) is 23.7 Å². The van der Waals surface area contributed by atoms with Crippen LogP contribution in [-0.2, 0) is 11.2 Å². The molecule has 4 rings (SSSR count). The van der Waals surface area contributed by atoms with Crippen molar-refractivity contribution in [1.29, 1.82) is 0 Å². The summed E-state index contributed by atoms with van der Waals surface area (Å²) in [6.07, 6.45) is 6.09. The Hall–Kier alpha value is -1.51. The van der Waals surface area contributed by atoms with Crippen molar-refractivity contribution in [2.75, 3.05) is 10.6 Å². The normalized spacial score (nSPS) is 34.5. The Labute approximate surface area is 120 Å². The molecule has 1 aromatic carbocycles. The van der Waals surface area contributed by atoms with Crippen LogP contribution in [0.25, 0.3) is 0 Å². The van der Waals surface area contributed by atoms with Crippen LogP contribution >= 0.6 is 0 Å². The Morgan fingerprint density at radius 3 is 2.65 bits per heavy atom. The number of amides is 1. The molecule has 3 unspecified atom stereocenters. The van der Waals surface area contributed by atoms with Crippen LogP contribution in [0.15, 0.2) is 18.2 Å². The number of rotatable bonds is 1. The molecule has 2 aliphatic carbocycles. The molecule has 3 aliphatic rings. The summed E-state index contributed by atoms with van der Waals surface area (Å²) >= 11 is 0. The lowest BCUT2D eigenvalue weighted by molar-refractivity contribution is -0.120. The Morgan fingerprint density at radius 2 is 1.95 bits per heavy atom. The lowest BCUT2D eigenvalue weighted by Crippen LogP contribution is -2.37. The van der Waals surface area contributed by atoms with Crippen molar-refractivity contribution in [3.8, 4) is 0 Å². The van der Waals surface area contributed by atoms with E-state index in [0.717, 1.165) is 17.8 Å². The minimum Gasteiger partial charge on any atom is -0.399 e. The van der Waals surface area contributed by atoms with Gasteiger partial charge < -0.3 is 10.6 Å². The molecular weight excluding hydrogens is 248 g/mol. The van der Waals surface area contributed by atoms with Gasteiger partial charge in [-0.15, -0.1) is 0 Å². The molecule has 1 amide bonds. The lowest BCUT2D eigenvalue weighted by Gasteiger charge is -2.23. The summed E-state index contributed by atoms with van der Waals surface area (Å²) < 4.78 is 0. The van der Waals surface area contributed by atoms with Gasteiger partial charge in [0.05, 0.1) is 0 Å². The van der Waals surface area contributed by atoms with Gasteiger partial charge in [-0.1, -0.05) is 12.8 Å². The molecule has 2 saturated carbocycles. The van der Waals surface area contributed by atoms with E-state index in [1.54, 1.807) is 0 Å². The first kappa shape index (κ1) is 12.2. The van der Waals surface area contributed by atoms with Gasteiger partial charge in [0.25, 0.3) is 0 Å². The van der Waals surface area contributed by atoms with Gasteiger partial charge in [-0.2, -0.15) is 0 Å². The van der Waals surface area contributed by atoms with Gasteiger partial charge in [0.15, 0.2) is 0 Å². The fourth-order valence-corrected chi connectivity index (χ4v) is 4.51. The van der Waals surface area contributed by atoms with Crippen molar-refractivity contribution in [3.63, 3.8) is 0 Å². The molecule has 0 radical (unpaired) electrons. The summed E-state index contributed by atoms with van der Waals surface area (Å²) in [7, 11) is 0. The van der Waals surface area contributed by atoms with Crippen LogP contribution in [0.5, 0.6) is 0 Å². The summed E-state index contributed by atoms with van der Waals surface area (Å²) in [5, 5.41) is 0. The maximum absolute atomic E-state index is 12.9. The highest BCUT2D eigenvalue weighted by atomic mass is 16.2. The molecule has 2 N–H and O–H groups in total. The molecule has 0 spiro atoms. The lowest BCUT2D eigenvalue weighted by atomic mass is 10.0. The maximum Gasteiger partial charge on any atom is 0.230 e. The molecule has 3 atom stereocenters. The number of nitrogen functional groups attached to an aromatic ring is 1. The highest BCUT2D eigenvalue weighted by Crippen LogP contribution is 2.56. The van der Waals surface area contributed by atoms with Crippen LogP contribution in [0.4, 0.5) is 11.4 Å². The third-order valence-corrected chi connectivity index (χ3v) is 5.50. The fourth-order valence-electron chi connectivity index (χ4n) is 4.51. The van der Waals surface area contributed by atoms with E-state index >= 15 is 0 Å². The van der Waals surface area contributed by atoms with Gasteiger partial charge in [-0.3, -0.25) is 4.79 Å². The molecule has 1 aromatic rings. The zero-order valence-electron chi connectivity index (χ0n) is 12.0. The maximum atomic E-state index is 12.9. The SMILES string of the molecule is CC1Cc2cc(N)ccc2N1C(=O)C1C2CCCCC21. The van der Waals surface area contributed by atoms with Crippen molar-refractivity contribution in [3.05, 3.63) is 23.8 Å². The van der Waals surface area contributed by atoms with Crippen molar-refractivity contribution in [2.45, 2.75) is 45.1 Å².